The van der Waals surface area contributed by atoms with Gasteiger partial charge in [0.05, 0.1) is 39.5 Å². The van der Waals surface area contributed by atoms with Crippen molar-refractivity contribution in [3.05, 3.63) is 48.0 Å². The Balaban J connectivity index is 2.10. The van der Waals surface area contributed by atoms with Crippen LogP contribution in [-0.2, 0) is 24.3 Å². The van der Waals surface area contributed by atoms with E-state index in [1.165, 1.54) is 39.7 Å². The molecule has 2 rings (SSSR count). The number of amides is 1. The van der Waals surface area contributed by atoms with Crippen molar-refractivity contribution in [3.63, 3.8) is 0 Å². The predicted molar refractivity (Wildman–Crippen MR) is 121 cm³/mol. The molecule has 1 amide bonds. The number of sulfonamides is 1. The molecule has 0 spiro atoms. The first kappa shape index (κ1) is 25.5. The van der Waals surface area contributed by atoms with Gasteiger partial charge >= 0.3 is 5.97 Å². The first-order chi connectivity index (χ1) is 15.7. The van der Waals surface area contributed by atoms with Crippen molar-refractivity contribution < 1.29 is 37.0 Å². The molecule has 0 fully saturated rings. The van der Waals surface area contributed by atoms with Crippen molar-refractivity contribution in [1.29, 1.82) is 0 Å². The van der Waals surface area contributed by atoms with E-state index in [4.69, 9.17) is 14.2 Å². The van der Waals surface area contributed by atoms with Crippen molar-refractivity contribution in [2.24, 2.45) is 5.10 Å². The first-order valence-corrected chi connectivity index (χ1v) is 11.3. The van der Waals surface area contributed by atoms with Crippen molar-refractivity contribution in [2.45, 2.75) is 0 Å². The van der Waals surface area contributed by atoms with Crippen LogP contribution < -0.4 is 23.9 Å². The molecule has 1 N–H and O–H groups in total. The van der Waals surface area contributed by atoms with Gasteiger partial charge in [-0.3, -0.25) is 9.10 Å². The first-order valence-electron chi connectivity index (χ1n) is 9.49. The van der Waals surface area contributed by atoms with Crippen LogP contribution in [0, 0.1) is 0 Å². The summed E-state index contributed by atoms with van der Waals surface area (Å²) in [6.07, 6.45) is 2.32. The second kappa shape index (κ2) is 11.7. The second-order valence-corrected chi connectivity index (χ2v) is 8.44. The summed E-state index contributed by atoms with van der Waals surface area (Å²) in [5, 5.41) is 3.85. The van der Waals surface area contributed by atoms with E-state index in [1.54, 1.807) is 30.3 Å². The smallest absolute Gasteiger partial charge is 0.343 e. The molecule has 0 atom stereocenters. The fourth-order valence-electron chi connectivity index (χ4n) is 2.60. The molecule has 0 aliphatic rings. The highest BCUT2D eigenvalue weighted by molar-refractivity contribution is 7.92. The Bertz CT molecular complexity index is 1120. The fraction of sp³-hybridized carbons (Fsp3) is 0.286. The largest absolute Gasteiger partial charge is 0.497 e. The van der Waals surface area contributed by atoms with E-state index in [2.05, 4.69) is 15.3 Å². The number of anilines is 1. The summed E-state index contributed by atoms with van der Waals surface area (Å²) in [6.45, 7) is -0.787. The number of carbonyl (C=O) groups excluding carboxylic acids is 2. The van der Waals surface area contributed by atoms with E-state index in [0.717, 1.165) is 10.6 Å². The molecule has 178 valence electrons. The number of benzene rings is 2. The van der Waals surface area contributed by atoms with Gasteiger partial charge in [0, 0.05) is 6.07 Å². The lowest BCUT2D eigenvalue weighted by Crippen LogP contribution is -2.39. The van der Waals surface area contributed by atoms with Crippen LogP contribution in [0.5, 0.6) is 17.2 Å². The topological polar surface area (TPSA) is 133 Å². The highest BCUT2D eigenvalue weighted by Gasteiger charge is 2.24. The van der Waals surface area contributed by atoms with Gasteiger partial charge in [0.15, 0.2) is 6.61 Å². The van der Waals surface area contributed by atoms with Gasteiger partial charge in [-0.15, -0.1) is 0 Å². The standard InChI is InChI=1S/C21H25N3O8S/c1-29-16-8-9-19(30-2)18(11-16)24(33(4,27)28)13-20(25)23-22-12-15-6-5-7-17(10-15)32-14-21(26)31-3/h5-12H,13-14H2,1-4H3,(H,23,25)/b22-12-. The van der Waals surface area contributed by atoms with Crippen LogP contribution in [-0.4, -0.2) is 67.2 Å². The van der Waals surface area contributed by atoms with E-state index < -0.39 is 28.4 Å². The summed E-state index contributed by atoms with van der Waals surface area (Å²) in [5.41, 5.74) is 3.01. The molecule has 0 saturated heterocycles. The number of nitrogens with one attached hydrogen (secondary N) is 1. The maximum Gasteiger partial charge on any atom is 0.343 e. The molecule has 0 heterocycles. The number of hydrogen-bond acceptors (Lipinski definition) is 9. The molecule has 33 heavy (non-hydrogen) atoms. The highest BCUT2D eigenvalue weighted by Crippen LogP contribution is 2.33. The molecule has 0 bridgehead atoms. The van der Waals surface area contributed by atoms with Gasteiger partial charge in [-0.2, -0.15) is 5.10 Å². The summed E-state index contributed by atoms with van der Waals surface area (Å²) in [7, 11) is 0.244. The zero-order chi connectivity index (χ0) is 24.4. The number of esters is 1. The quantitative estimate of drug-likeness (QED) is 0.289. The number of ether oxygens (including phenoxy) is 4. The van der Waals surface area contributed by atoms with Crippen molar-refractivity contribution in [1.82, 2.24) is 5.43 Å². The summed E-state index contributed by atoms with van der Waals surface area (Å²) in [6, 6.07) is 11.2. The number of methoxy groups -OCH3 is 3. The highest BCUT2D eigenvalue weighted by atomic mass is 32.2. The maximum atomic E-state index is 12.4. The van der Waals surface area contributed by atoms with Crippen LogP contribution in [0.3, 0.4) is 0 Å². The molecule has 0 aliphatic heterocycles. The number of hydrazone groups is 1. The van der Waals surface area contributed by atoms with E-state index in [-0.39, 0.29) is 18.0 Å². The molecule has 0 aliphatic carbocycles. The van der Waals surface area contributed by atoms with E-state index >= 15 is 0 Å². The molecular weight excluding hydrogens is 454 g/mol. The lowest BCUT2D eigenvalue weighted by Gasteiger charge is -2.23. The summed E-state index contributed by atoms with van der Waals surface area (Å²) >= 11 is 0. The normalized spacial score (nSPS) is 11.0. The number of rotatable bonds is 11. The SMILES string of the molecule is COC(=O)COc1cccc(/C=N\NC(=O)CN(c2cc(OC)ccc2OC)S(C)(=O)=O)c1. The van der Waals surface area contributed by atoms with Crippen LogP contribution in [0.4, 0.5) is 5.69 Å². The third-order valence-electron chi connectivity index (χ3n) is 4.19. The minimum Gasteiger partial charge on any atom is -0.497 e. The van der Waals surface area contributed by atoms with Gasteiger partial charge in [-0.05, 0) is 29.8 Å². The lowest BCUT2D eigenvalue weighted by molar-refractivity contribution is -0.142. The third kappa shape index (κ3) is 7.68. The Morgan fingerprint density at radius 1 is 1.06 bits per heavy atom. The molecule has 2 aromatic carbocycles. The van der Waals surface area contributed by atoms with Gasteiger partial charge in [0.25, 0.3) is 5.91 Å². The van der Waals surface area contributed by atoms with Crippen molar-refractivity contribution >= 4 is 33.8 Å². The Labute approximate surface area is 191 Å². The molecule has 11 nitrogen and oxygen atoms in total. The Kier molecular flexibility index (Phi) is 9.04. The lowest BCUT2D eigenvalue weighted by atomic mass is 10.2. The molecule has 0 unspecified atom stereocenters. The number of nitrogens with zero attached hydrogens (tertiary/aromatic N) is 2. The van der Waals surface area contributed by atoms with Crippen LogP contribution >= 0.6 is 0 Å². The summed E-state index contributed by atoms with van der Waals surface area (Å²) in [4.78, 5) is 23.6. The minimum atomic E-state index is -3.84. The third-order valence-corrected chi connectivity index (χ3v) is 5.31. The van der Waals surface area contributed by atoms with Crippen molar-refractivity contribution in [2.75, 3.05) is 45.0 Å². The van der Waals surface area contributed by atoms with Crippen LogP contribution in [0.25, 0.3) is 0 Å². The van der Waals surface area contributed by atoms with E-state index in [1.807, 2.05) is 0 Å². The molecule has 0 saturated carbocycles. The van der Waals surface area contributed by atoms with Crippen molar-refractivity contribution in [3.8, 4) is 17.2 Å². The van der Waals surface area contributed by atoms with Crippen LogP contribution in [0.1, 0.15) is 5.56 Å². The number of carbonyl (C=O) groups is 2. The Morgan fingerprint density at radius 2 is 1.82 bits per heavy atom. The van der Waals surface area contributed by atoms with Gasteiger partial charge in [0.2, 0.25) is 10.0 Å². The summed E-state index contributed by atoms with van der Waals surface area (Å²) in [5.74, 6) is -0.151. The van der Waals surface area contributed by atoms with Gasteiger partial charge in [0.1, 0.15) is 23.8 Å². The molecule has 2 aromatic rings. The van der Waals surface area contributed by atoms with Gasteiger partial charge in [-0.1, -0.05) is 12.1 Å². The van der Waals surface area contributed by atoms with Gasteiger partial charge in [-0.25, -0.2) is 18.6 Å². The zero-order valence-electron chi connectivity index (χ0n) is 18.6. The fourth-order valence-corrected chi connectivity index (χ4v) is 3.45. The average molecular weight is 480 g/mol. The van der Waals surface area contributed by atoms with Crippen LogP contribution in [0.2, 0.25) is 0 Å². The Morgan fingerprint density at radius 3 is 2.45 bits per heavy atom. The second-order valence-electron chi connectivity index (χ2n) is 6.54. The maximum absolute atomic E-state index is 12.4. The van der Waals surface area contributed by atoms with Gasteiger partial charge < -0.3 is 18.9 Å². The summed E-state index contributed by atoms with van der Waals surface area (Å²) < 4.78 is 45.8. The van der Waals surface area contributed by atoms with Crippen LogP contribution in [0.15, 0.2) is 47.6 Å². The average Bonchev–Trinajstić information content (AvgIpc) is 2.80. The van der Waals surface area contributed by atoms with E-state index in [9.17, 15) is 18.0 Å². The molecule has 0 radical (unpaired) electrons. The van der Waals surface area contributed by atoms with E-state index in [0.29, 0.717) is 17.1 Å². The minimum absolute atomic E-state index is 0.147. The number of hydrogen-bond donors (Lipinski definition) is 1. The zero-order valence-corrected chi connectivity index (χ0v) is 19.4. The molecule has 12 heteroatoms. The Hall–Kier alpha value is -3.80. The molecule has 0 aromatic heterocycles. The molecular formula is C21H25N3O8S. The monoisotopic (exact) mass is 479 g/mol. The predicted octanol–water partition coefficient (Wildman–Crippen LogP) is 1.17.